The fourth-order valence-electron chi connectivity index (χ4n) is 2.94. The Hall–Kier alpha value is -1.35. The van der Waals surface area contributed by atoms with E-state index in [1.54, 1.807) is 13.2 Å². The van der Waals surface area contributed by atoms with Crippen LogP contribution >= 0.6 is 0 Å². The SMILES string of the molecule is CCCC1CCN(Cc2cc(C=O)ccc2OC)C1. The molecule has 0 bridgehead atoms. The molecule has 1 fully saturated rings. The lowest BCUT2D eigenvalue weighted by Crippen LogP contribution is -2.20. The first-order chi connectivity index (χ1) is 9.26. The van der Waals surface area contributed by atoms with Gasteiger partial charge >= 0.3 is 0 Å². The van der Waals surface area contributed by atoms with E-state index in [-0.39, 0.29) is 0 Å². The average molecular weight is 261 g/mol. The van der Waals surface area contributed by atoms with E-state index in [9.17, 15) is 4.79 Å². The number of benzene rings is 1. The summed E-state index contributed by atoms with van der Waals surface area (Å²) >= 11 is 0. The van der Waals surface area contributed by atoms with Crippen LogP contribution in [0.2, 0.25) is 0 Å². The number of ether oxygens (including phenoxy) is 1. The van der Waals surface area contributed by atoms with Gasteiger partial charge in [-0.15, -0.1) is 0 Å². The van der Waals surface area contributed by atoms with Crippen LogP contribution in [-0.2, 0) is 6.54 Å². The highest BCUT2D eigenvalue weighted by molar-refractivity contribution is 5.75. The second-order valence-corrected chi connectivity index (χ2v) is 5.37. The molecule has 0 spiro atoms. The molecule has 104 valence electrons. The van der Waals surface area contributed by atoms with E-state index in [1.807, 2.05) is 12.1 Å². The molecule has 2 rings (SSSR count). The van der Waals surface area contributed by atoms with Crippen molar-refractivity contribution in [1.29, 1.82) is 0 Å². The minimum Gasteiger partial charge on any atom is -0.496 e. The van der Waals surface area contributed by atoms with Crippen LogP contribution in [-0.4, -0.2) is 31.4 Å². The predicted octanol–water partition coefficient (Wildman–Crippen LogP) is 3.13. The summed E-state index contributed by atoms with van der Waals surface area (Å²) in [6.07, 6.45) is 4.78. The van der Waals surface area contributed by atoms with E-state index < -0.39 is 0 Å². The quantitative estimate of drug-likeness (QED) is 0.737. The minimum atomic E-state index is 0.722. The molecular weight excluding hydrogens is 238 g/mol. The Labute approximate surface area is 115 Å². The maximum Gasteiger partial charge on any atom is 0.150 e. The normalized spacial score (nSPS) is 19.6. The van der Waals surface area contributed by atoms with Crippen molar-refractivity contribution >= 4 is 6.29 Å². The zero-order valence-corrected chi connectivity index (χ0v) is 11.9. The number of carbonyl (C=O) groups is 1. The zero-order chi connectivity index (χ0) is 13.7. The van der Waals surface area contributed by atoms with Gasteiger partial charge < -0.3 is 4.74 Å². The van der Waals surface area contributed by atoms with Gasteiger partial charge in [0.05, 0.1) is 7.11 Å². The molecular formula is C16H23NO2. The van der Waals surface area contributed by atoms with Crippen molar-refractivity contribution in [1.82, 2.24) is 4.90 Å². The molecule has 0 radical (unpaired) electrons. The molecule has 0 N–H and O–H groups in total. The second-order valence-electron chi connectivity index (χ2n) is 5.37. The molecule has 3 heteroatoms. The Bertz CT molecular complexity index is 431. The lowest BCUT2D eigenvalue weighted by atomic mass is 10.0. The van der Waals surface area contributed by atoms with Crippen LogP contribution in [0.25, 0.3) is 0 Å². The molecule has 0 amide bonds. The highest BCUT2D eigenvalue weighted by atomic mass is 16.5. The number of aldehydes is 1. The summed E-state index contributed by atoms with van der Waals surface area (Å²) in [7, 11) is 1.68. The first-order valence-corrected chi connectivity index (χ1v) is 7.11. The summed E-state index contributed by atoms with van der Waals surface area (Å²) in [4.78, 5) is 13.3. The van der Waals surface area contributed by atoms with Gasteiger partial charge in [0.2, 0.25) is 0 Å². The monoisotopic (exact) mass is 261 g/mol. The molecule has 3 nitrogen and oxygen atoms in total. The van der Waals surface area contributed by atoms with Crippen LogP contribution in [0.1, 0.15) is 42.1 Å². The summed E-state index contributed by atoms with van der Waals surface area (Å²) in [6, 6.07) is 5.64. The molecule has 0 aliphatic carbocycles. The minimum absolute atomic E-state index is 0.722. The van der Waals surface area contributed by atoms with Gasteiger partial charge in [0.1, 0.15) is 12.0 Å². The van der Waals surface area contributed by atoms with Gasteiger partial charge in [0.25, 0.3) is 0 Å². The summed E-state index contributed by atoms with van der Waals surface area (Å²) in [6.45, 7) is 5.45. The Morgan fingerprint density at radius 2 is 2.32 bits per heavy atom. The first kappa shape index (κ1) is 14.1. The standard InChI is InChI=1S/C16H23NO2/c1-3-4-13-7-8-17(10-13)11-15-9-14(12-18)5-6-16(15)19-2/h5-6,9,12-13H,3-4,7-8,10-11H2,1-2H3. The highest BCUT2D eigenvalue weighted by Gasteiger charge is 2.22. The summed E-state index contributed by atoms with van der Waals surface area (Å²) in [5.74, 6) is 1.72. The van der Waals surface area contributed by atoms with Crippen molar-refractivity contribution in [2.75, 3.05) is 20.2 Å². The van der Waals surface area contributed by atoms with Crippen LogP contribution in [0.3, 0.4) is 0 Å². The molecule has 0 aromatic heterocycles. The molecule has 1 saturated heterocycles. The summed E-state index contributed by atoms with van der Waals surface area (Å²) in [5, 5.41) is 0. The molecule has 0 saturated carbocycles. The van der Waals surface area contributed by atoms with E-state index in [0.29, 0.717) is 0 Å². The van der Waals surface area contributed by atoms with Crippen molar-refractivity contribution in [3.63, 3.8) is 0 Å². The van der Waals surface area contributed by atoms with Gasteiger partial charge in [0, 0.05) is 24.2 Å². The fraction of sp³-hybridized carbons (Fsp3) is 0.562. The molecule has 1 aromatic rings. The number of nitrogens with zero attached hydrogens (tertiary/aromatic N) is 1. The van der Waals surface area contributed by atoms with Crippen molar-refractivity contribution in [2.45, 2.75) is 32.7 Å². The lowest BCUT2D eigenvalue weighted by Gasteiger charge is -2.18. The zero-order valence-electron chi connectivity index (χ0n) is 11.9. The van der Waals surface area contributed by atoms with Gasteiger partial charge in [0.15, 0.2) is 0 Å². The smallest absolute Gasteiger partial charge is 0.150 e. The van der Waals surface area contributed by atoms with Crippen molar-refractivity contribution in [3.8, 4) is 5.75 Å². The van der Waals surface area contributed by atoms with Crippen LogP contribution in [0.15, 0.2) is 18.2 Å². The lowest BCUT2D eigenvalue weighted by molar-refractivity contribution is 0.112. The maximum absolute atomic E-state index is 10.9. The van der Waals surface area contributed by atoms with Crippen LogP contribution in [0.5, 0.6) is 5.75 Å². The van der Waals surface area contributed by atoms with Crippen LogP contribution in [0.4, 0.5) is 0 Å². The largest absolute Gasteiger partial charge is 0.496 e. The third-order valence-electron chi connectivity index (χ3n) is 3.90. The summed E-state index contributed by atoms with van der Waals surface area (Å²) < 4.78 is 5.39. The van der Waals surface area contributed by atoms with Gasteiger partial charge in [-0.05, 0) is 43.5 Å². The molecule has 1 aliphatic rings. The van der Waals surface area contributed by atoms with Crippen LogP contribution < -0.4 is 4.74 Å². The molecule has 1 aliphatic heterocycles. The number of likely N-dealkylation sites (tertiary alicyclic amines) is 1. The van der Waals surface area contributed by atoms with Gasteiger partial charge in [-0.2, -0.15) is 0 Å². The summed E-state index contributed by atoms with van der Waals surface area (Å²) in [5.41, 5.74) is 1.84. The second kappa shape index (κ2) is 6.71. The van der Waals surface area contributed by atoms with Crippen molar-refractivity contribution in [2.24, 2.45) is 5.92 Å². The van der Waals surface area contributed by atoms with Gasteiger partial charge in [-0.1, -0.05) is 13.3 Å². The maximum atomic E-state index is 10.9. The first-order valence-electron chi connectivity index (χ1n) is 7.11. The third kappa shape index (κ3) is 3.57. The number of hydrogen-bond acceptors (Lipinski definition) is 3. The number of carbonyl (C=O) groups excluding carboxylic acids is 1. The number of rotatable bonds is 6. The number of hydrogen-bond donors (Lipinski definition) is 0. The van der Waals surface area contributed by atoms with Crippen LogP contribution in [0, 0.1) is 5.92 Å². The molecule has 1 unspecified atom stereocenters. The van der Waals surface area contributed by atoms with E-state index >= 15 is 0 Å². The average Bonchev–Trinajstić information content (AvgIpc) is 2.86. The van der Waals surface area contributed by atoms with E-state index in [2.05, 4.69) is 11.8 Å². The molecule has 1 atom stereocenters. The molecule has 19 heavy (non-hydrogen) atoms. The molecule has 1 aromatic carbocycles. The Morgan fingerprint density at radius 1 is 1.47 bits per heavy atom. The van der Waals surface area contributed by atoms with E-state index in [1.165, 1.54) is 25.8 Å². The highest BCUT2D eigenvalue weighted by Crippen LogP contribution is 2.26. The predicted molar refractivity (Wildman–Crippen MR) is 76.7 cm³/mol. The van der Waals surface area contributed by atoms with Crippen molar-refractivity contribution < 1.29 is 9.53 Å². The Kier molecular flexibility index (Phi) is 4.97. The van der Waals surface area contributed by atoms with E-state index in [4.69, 9.17) is 4.74 Å². The number of methoxy groups -OCH3 is 1. The van der Waals surface area contributed by atoms with E-state index in [0.717, 1.165) is 42.2 Å². The fourth-order valence-corrected chi connectivity index (χ4v) is 2.94. The van der Waals surface area contributed by atoms with Gasteiger partial charge in [-0.3, -0.25) is 9.69 Å². The Balaban J connectivity index is 2.04. The topological polar surface area (TPSA) is 29.5 Å². The van der Waals surface area contributed by atoms with Crippen molar-refractivity contribution in [3.05, 3.63) is 29.3 Å². The Morgan fingerprint density at radius 3 is 3.00 bits per heavy atom. The molecule has 1 heterocycles. The third-order valence-corrected chi connectivity index (χ3v) is 3.90. The van der Waals surface area contributed by atoms with Gasteiger partial charge in [-0.25, -0.2) is 0 Å².